The summed E-state index contributed by atoms with van der Waals surface area (Å²) in [6, 6.07) is 0. The number of likely N-dealkylation sites (tertiary alicyclic amines) is 2. The fraction of sp³-hybridized carbons (Fsp3) is 0.903. The van der Waals surface area contributed by atoms with Crippen molar-refractivity contribution in [2.75, 3.05) is 79.1 Å². The zero-order valence-electron chi connectivity index (χ0n) is 30.1. The first kappa shape index (κ1) is 45.8. The molecule has 0 atom stereocenters. The first-order valence-corrected chi connectivity index (χ1v) is 19.0. The summed E-state index contributed by atoms with van der Waals surface area (Å²) in [5.41, 5.74) is -3.00. The summed E-state index contributed by atoms with van der Waals surface area (Å²) in [7, 11) is -1.15. The van der Waals surface area contributed by atoms with Gasteiger partial charge >= 0.3 is 18.2 Å². The van der Waals surface area contributed by atoms with Crippen LogP contribution in [0.25, 0.3) is 0 Å². The van der Waals surface area contributed by atoms with Gasteiger partial charge in [0.25, 0.3) is 0 Å². The maximum atomic E-state index is 12.5. The molecule has 2 heterocycles. The second-order valence-corrected chi connectivity index (χ2v) is 19.0. The molecule has 48 heavy (non-hydrogen) atoms. The third kappa shape index (κ3) is 14.0. The largest absolute Gasteiger partial charge is 0.466 e. The molecule has 2 amide bonds. The number of aliphatic hydroxyl groups is 1. The number of carbonyl (C=O) groups excluding carboxylic acids is 3. The average Bonchev–Trinajstić information content (AvgIpc) is 2.91. The van der Waals surface area contributed by atoms with Gasteiger partial charge in [0.15, 0.2) is 0 Å². The predicted molar refractivity (Wildman–Crippen MR) is 184 cm³/mol. The van der Waals surface area contributed by atoms with E-state index < -0.39 is 60.2 Å². The van der Waals surface area contributed by atoms with Crippen LogP contribution in [-0.2, 0) is 39.1 Å². The number of amides is 2. The third-order valence-electron chi connectivity index (χ3n) is 7.95. The number of hydrogen-bond donors (Lipinski definition) is 1. The quantitative estimate of drug-likeness (QED) is 0.272. The Morgan fingerprint density at radius 3 is 1.38 bits per heavy atom. The van der Waals surface area contributed by atoms with Crippen molar-refractivity contribution in [2.45, 2.75) is 92.8 Å². The molecule has 284 valence electrons. The zero-order valence-corrected chi connectivity index (χ0v) is 31.8. The molecular formula is C31H62N4O11S2. The van der Waals surface area contributed by atoms with Crippen LogP contribution in [0.1, 0.15) is 81.6 Å². The molecule has 0 bridgehead atoms. The van der Waals surface area contributed by atoms with Gasteiger partial charge in [-0.2, -0.15) is 0 Å². The molecule has 0 aromatic heterocycles. The summed E-state index contributed by atoms with van der Waals surface area (Å²) in [6.45, 7) is 13.7. The molecule has 2 fully saturated rings. The normalized spacial score (nSPS) is 18.3. The fourth-order valence-electron chi connectivity index (χ4n) is 4.97. The number of nitrogens with zero attached hydrogens (tertiary/aromatic N) is 4. The molecule has 15 nitrogen and oxygen atoms in total. The average molecular weight is 731 g/mol. The van der Waals surface area contributed by atoms with Crippen LogP contribution in [0.4, 0.5) is 9.59 Å². The number of carbonyl (C=O) groups is 3. The number of ether oxygens (including phenoxy) is 3. The highest BCUT2D eigenvalue weighted by atomic mass is 32.2. The number of aliphatic hydroxyl groups excluding tert-OH is 1. The van der Waals surface area contributed by atoms with E-state index in [1.54, 1.807) is 53.4 Å². The van der Waals surface area contributed by atoms with Crippen molar-refractivity contribution in [1.29, 1.82) is 0 Å². The zero-order chi connectivity index (χ0) is 36.6. The standard InChI is InChI=1S/C16H30N2O6S.C14H28N2O5S.CH4/c1-7-23-13(19)16(12-25(21,22)17(5)6)8-10-18(11-9-16)14(20)24-15(2,3)4;1-13(2,3)21-12(18)16-8-6-14(10-17,7-9-16)11-22(19,20)15(4)5;/h7-12H2,1-6H3;17H,6-11H2,1-5H3;1H4. The van der Waals surface area contributed by atoms with E-state index in [2.05, 4.69) is 0 Å². The number of sulfonamides is 2. The summed E-state index contributed by atoms with van der Waals surface area (Å²) in [5, 5.41) is 9.68. The van der Waals surface area contributed by atoms with Gasteiger partial charge in [-0.15, -0.1) is 0 Å². The van der Waals surface area contributed by atoms with Crippen molar-refractivity contribution in [2.24, 2.45) is 10.8 Å². The van der Waals surface area contributed by atoms with Gasteiger partial charge in [-0.3, -0.25) is 4.79 Å². The van der Waals surface area contributed by atoms with Crippen LogP contribution in [0.3, 0.4) is 0 Å². The van der Waals surface area contributed by atoms with Crippen LogP contribution >= 0.6 is 0 Å². The Balaban J connectivity index is 0.000000909. The second-order valence-electron chi connectivity index (χ2n) is 14.7. The molecule has 2 aliphatic heterocycles. The van der Waals surface area contributed by atoms with Crippen molar-refractivity contribution >= 4 is 38.2 Å². The van der Waals surface area contributed by atoms with Crippen LogP contribution in [0.15, 0.2) is 0 Å². The smallest absolute Gasteiger partial charge is 0.410 e. The molecule has 0 unspecified atom stereocenters. The molecule has 2 rings (SSSR count). The summed E-state index contributed by atoms with van der Waals surface area (Å²) >= 11 is 0. The van der Waals surface area contributed by atoms with E-state index in [0.717, 1.165) is 4.31 Å². The molecular weight excluding hydrogens is 668 g/mol. The Labute approximate surface area is 289 Å². The highest BCUT2D eigenvalue weighted by molar-refractivity contribution is 7.89. The van der Waals surface area contributed by atoms with E-state index in [9.17, 15) is 36.3 Å². The Kier molecular flexibility index (Phi) is 16.8. The fourth-order valence-corrected chi connectivity index (χ4v) is 7.74. The summed E-state index contributed by atoms with van der Waals surface area (Å²) in [5.74, 6) is -0.955. The Morgan fingerprint density at radius 2 is 1.06 bits per heavy atom. The number of hydrogen-bond acceptors (Lipinski definition) is 11. The Hall–Kier alpha value is -2.21. The van der Waals surface area contributed by atoms with Gasteiger partial charge in [0.2, 0.25) is 20.0 Å². The maximum Gasteiger partial charge on any atom is 0.410 e. The molecule has 0 radical (unpaired) electrons. The van der Waals surface area contributed by atoms with Crippen molar-refractivity contribution in [3.8, 4) is 0 Å². The van der Waals surface area contributed by atoms with E-state index in [0.29, 0.717) is 25.9 Å². The lowest BCUT2D eigenvalue weighted by molar-refractivity contribution is -0.156. The van der Waals surface area contributed by atoms with Gasteiger partial charge in [-0.05, 0) is 74.1 Å². The van der Waals surface area contributed by atoms with Crippen molar-refractivity contribution in [3.63, 3.8) is 0 Å². The lowest BCUT2D eigenvalue weighted by Crippen LogP contribution is -2.52. The monoisotopic (exact) mass is 730 g/mol. The van der Waals surface area contributed by atoms with E-state index >= 15 is 0 Å². The van der Waals surface area contributed by atoms with E-state index in [1.807, 2.05) is 0 Å². The Morgan fingerprint density at radius 1 is 0.708 bits per heavy atom. The molecule has 0 aromatic carbocycles. The summed E-state index contributed by atoms with van der Waals surface area (Å²) < 4.78 is 66.9. The number of piperidine rings is 2. The second kappa shape index (κ2) is 17.6. The first-order chi connectivity index (χ1) is 21.2. The van der Waals surface area contributed by atoms with Crippen molar-refractivity contribution in [1.82, 2.24) is 18.4 Å². The highest BCUT2D eigenvalue weighted by Crippen LogP contribution is 2.36. The van der Waals surface area contributed by atoms with E-state index in [4.69, 9.17) is 14.2 Å². The van der Waals surface area contributed by atoms with Gasteiger partial charge in [0.1, 0.15) is 11.2 Å². The molecule has 0 aliphatic carbocycles. The molecule has 0 aromatic rings. The predicted octanol–water partition coefficient (Wildman–Crippen LogP) is 2.98. The topological polar surface area (TPSA) is 180 Å². The molecule has 17 heteroatoms. The summed E-state index contributed by atoms with van der Waals surface area (Å²) in [4.78, 5) is 39.8. The summed E-state index contributed by atoms with van der Waals surface area (Å²) in [6.07, 6.45) is 0.469. The lowest BCUT2D eigenvalue weighted by Gasteiger charge is -2.41. The highest BCUT2D eigenvalue weighted by Gasteiger charge is 2.48. The SMILES string of the molecule is C.CCOC(=O)C1(CS(=O)(=O)N(C)C)CCN(C(=O)OC(C)(C)C)CC1.CN(C)S(=O)(=O)CC1(CO)CCN(C(=O)OC(C)(C)C)CC1. The molecule has 2 aliphatic rings. The van der Waals surface area contributed by atoms with Crippen LogP contribution in [0.2, 0.25) is 0 Å². The van der Waals surface area contributed by atoms with E-state index in [-0.39, 0.29) is 58.1 Å². The van der Waals surface area contributed by atoms with Crippen molar-refractivity contribution in [3.05, 3.63) is 0 Å². The third-order valence-corrected chi connectivity index (χ3v) is 12.1. The van der Waals surface area contributed by atoms with Gasteiger partial charge < -0.3 is 29.1 Å². The molecule has 0 saturated carbocycles. The minimum absolute atomic E-state index is 0. The van der Waals surface area contributed by atoms with Crippen LogP contribution in [0, 0.1) is 10.8 Å². The maximum absolute atomic E-state index is 12.5. The van der Waals surface area contributed by atoms with Crippen LogP contribution in [0.5, 0.6) is 0 Å². The van der Waals surface area contributed by atoms with Gasteiger partial charge in [0, 0.05) is 66.4 Å². The number of esters is 1. The number of rotatable bonds is 9. The lowest BCUT2D eigenvalue weighted by atomic mass is 9.80. The first-order valence-electron chi connectivity index (χ1n) is 15.8. The minimum Gasteiger partial charge on any atom is -0.466 e. The Bertz CT molecular complexity index is 1270. The molecule has 0 spiro atoms. The van der Waals surface area contributed by atoms with Gasteiger partial charge in [-0.1, -0.05) is 7.43 Å². The molecule has 2 saturated heterocycles. The van der Waals surface area contributed by atoms with Crippen molar-refractivity contribution < 1.29 is 50.5 Å². The van der Waals surface area contributed by atoms with Crippen LogP contribution in [-0.4, -0.2) is 149 Å². The van der Waals surface area contributed by atoms with Gasteiger partial charge in [-0.25, -0.2) is 35.0 Å². The minimum atomic E-state index is -3.59. The van der Waals surface area contributed by atoms with Crippen LogP contribution < -0.4 is 0 Å². The van der Waals surface area contributed by atoms with E-state index in [1.165, 1.54) is 37.4 Å². The molecule has 1 N–H and O–H groups in total. The van der Waals surface area contributed by atoms with Gasteiger partial charge in [0.05, 0.1) is 23.5 Å².